The Morgan fingerprint density at radius 2 is 1.94 bits per heavy atom. The molecule has 0 aliphatic heterocycles. The number of nitrogens with zero attached hydrogens (tertiary/aromatic N) is 2. The normalized spacial score (nSPS) is 11.3. The number of anilines is 1. The van der Waals surface area contributed by atoms with Crippen LogP contribution in [0.1, 0.15) is 16.1 Å². The summed E-state index contributed by atoms with van der Waals surface area (Å²) >= 11 is 0. The van der Waals surface area contributed by atoms with Crippen molar-refractivity contribution < 1.29 is 23.1 Å². The van der Waals surface area contributed by atoms with E-state index in [4.69, 9.17) is 5.11 Å². The largest absolute Gasteiger partial charge is 0.478 e. The molecule has 0 unspecified atom stereocenters. The maximum Gasteiger partial charge on any atom is 0.433 e. The first-order valence-electron chi connectivity index (χ1n) is 4.22. The number of carboxylic acid groups (broad SMARTS) is 1. The van der Waals surface area contributed by atoms with Crippen molar-refractivity contribution in [2.24, 2.45) is 0 Å². The van der Waals surface area contributed by atoms with Gasteiger partial charge in [-0.3, -0.25) is 0 Å². The number of hydrogen-bond acceptors (Lipinski definition) is 3. The summed E-state index contributed by atoms with van der Waals surface area (Å²) in [6.07, 6.45) is -4.58. The van der Waals surface area contributed by atoms with Crippen LogP contribution in [-0.4, -0.2) is 30.2 Å². The predicted octanol–water partition coefficient (Wildman–Crippen LogP) is 1.86. The molecule has 0 spiro atoms. The van der Waals surface area contributed by atoms with Gasteiger partial charge in [0.25, 0.3) is 0 Å². The molecule has 1 N–H and O–H groups in total. The van der Waals surface area contributed by atoms with Gasteiger partial charge in [0.05, 0.1) is 0 Å². The summed E-state index contributed by atoms with van der Waals surface area (Å²) in [5, 5.41) is 8.76. The van der Waals surface area contributed by atoms with E-state index in [1.54, 1.807) is 0 Å². The van der Waals surface area contributed by atoms with Crippen LogP contribution >= 0.6 is 0 Å². The van der Waals surface area contributed by atoms with Crippen LogP contribution in [0.5, 0.6) is 0 Å². The Balaban J connectivity index is 3.34. The SMILES string of the molecule is CN(C)c1nc(C(F)(F)F)ccc1C(=O)O. The number of carbonyl (C=O) groups is 1. The van der Waals surface area contributed by atoms with Crippen molar-refractivity contribution in [3.05, 3.63) is 23.4 Å². The molecule has 88 valence electrons. The molecule has 0 aliphatic rings. The molecule has 0 saturated carbocycles. The zero-order valence-corrected chi connectivity index (χ0v) is 8.54. The quantitative estimate of drug-likeness (QED) is 0.848. The van der Waals surface area contributed by atoms with Crippen molar-refractivity contribution in [2.75, 3.05) is 19.0 Å². The molecule has 0 bridgehead atoms. The van der Waals surface area contributed by atoms with Gasteiger partial charge in [-0.1, -0.05) is 0 Å². The van der Waals surface area contributed by atoms with Crippen molar-refractivity contribution in [2.45, 2.75) is 6.18 Å². The molecule has 0 amide bonds. The lowest BCUT2D eigenvalue weighted by Gasteiger charge is -2.16. The van der Waals surface area contributed by atoms with Crippen LogP contribution in [0, 0.1) is 0 Å². The number of alkyl halides is 3. The maximum absolute atomic E-state index is 12.3. The Bertz CT molecular complexity index is 416. The summed E-state index contributed by atoms with van der Waals surface area (Å²) in [5.74, 6) is -1.53. The number of carboxylic acids is 1. The molecule has 0 atom stereocenters. The second-order valence-corrected chi connectivity index (χ2v) is 3.26. The minimum absolute atomic E-state index is 0.220. The molecule has 16 heavy (non-hydrogen) atoms. The number of halogens is 3. The highest BCUT2D eigenvalue weighted by Gasteiger charge is 2.33. The monoisotopic (exact) mass is 234 g/mol. The predicted molar refractivity (Wildman–Crippen MR) is 50.5 cm³/mol. The Labute approximate surface area is 89.3 Å². The number of aromatic nitrogens is 1. The average Bonchev–Trinajstić information content (AvgIpc) is 2.15. The molecule has 1 aromatic rings. The lowest BCUT2D eigenvalue weighted by Crippen LogP contribution is -2.19. The standard InChI is InChI=1S/C9H9F3N2O2/c1-14(2)7-5(8(15)16)3-4-6(13-7)9(10,11)12/h3-4H,1-2H3,(H,15,16). The van der Waals surface area contributed by atoms with Crippen molar-refractivity contribution in [3.63, 3.8) is 0 Å². The summed E-state index contributed by atoms with van der Waals surface area (Å²) in [4.78, 5) is 15.2. The van der Waals surface area contributed by atoms with Crippen LogP contribution in [0.2, 0.25) is 0 Å². The van der Waals surface area contributed by atoms with E-state index in [0.29, 0.717) is 6.07 Å². The van der Waals surface area contributed by atoms with E-state index in [2.05, 4.69) is 4.98 Å². The third kappa shape index (κ3) is 2.41. The lowest BCUT2D eigenvalue weighted by atomic mass is 10.2. The summed E-state index contributed by atoms with van der Waals surface area (Å²) < 4.78 is 37.0. The van der Waals surface area contributed by atoms with Gasteiger partial charge in [0, 0.05) is 14.1 Å². The molecule has 0 saturated heterocycles. The van der Waals surface area contributed by atoms with Crippen LogP contribution in [0.4, 0.5) is 19.0 Å². The van der Waals surface area contributed by atoms with Crippen molar-refractivity contribution in [1.82, 2.24) is 4.98 Å². The molecule has 0 radical (unpaired) electrons. The van der Waals surface area contributed by atoms with Gasteiger partial charge in [-0.2, -0.15) is 13.2 Å². The highest BCUT2D eigenvalue weighted by molar-refractivity contribution is 5.93. The molecule has 1 rings (SSSR count). The molecule has 1 heterocycles. The molecule has 7 heteroatoms. The Hall–Kier alpha value is -1.79. The average molecular weight is 234 g/mol. The first kappa shape index (κ1) is 12.3. The second-order valence-electron chi connectivity index (χ2n) is 3.26. The molecular weight excluding hydrogens is 225 g/mol. The Morgan fingerprint density at radius 3 is 2.31 bits per heavy atom. The van der Waals surface area contributed by atoms with E-state index in [1.807, 2.05) is 0 Å². The number of pyridine rings is 1. The minimum Gasteiger partial charge on any atom is -0.478 e. The fourth-order valence-electron chi connectivity index (χ4n) is 1.11. The van der Waals surface area contributed by atoms with Gasteiger partial charge >= 0.3 is 12.1 Å². The fourth-order valence-corrected chi connectivity index (χ4v) is 1.11. The maximum atomic E-state index is 12.3. The van der Waals surface area contributed by atoms with Crippen molar-refractivity contribution in [1.29, 1.82) is 0 Å². The van der Waals surface area contributed by atoms with E-state index in [0.717, 1.165) is 6.07 Å². The zero-order chi connectivity index (χ0) is 12.5. The van der Waals surface area contributed by atoms with Crippen LogP contribution in [0.15, 0.2) is 12.1 Å². The van der Waals surface area contributed by atoms with Gasteiger partial charge in [-0.25, -0.2) is 9.78 Å². The van der Waals surface area contributed by atoms with Crippen LogP contribution < -0.4 is 4.90 Å². The molecule has 0 fully saturated rings. The molecule has 0 aromatic carbocycles. The highest BCUT2D eigenvalue weighted by Crippen LogP contribution is 2.30. The van der Waals surface area contributed by atoms with Gasteiger partial charge in [-0.15, -0.1) is 0 Å². The van der Waals surface area contributed by atoms with E-state index in [9.17, 15) is 18.0 Å². The lowest BCUT2D eigenvalue weighted by molar-refractivity contribution is -0.141. The Morgan fingerprint density at radius 1 is 1.38 bits per heavy atom. The minimum atomic E-state index is -4.58. The molecule has 0 aliphatic carbocycles. The highest BCUT2D eigenvalue weighted by atomic mass is 19.4. The summed E-state index contributed by atoms with van der Waals surface area (Å²) in [5.41, 5.74) is -1.38. The van der Waals surface area contributed by atoms with E-state index in [-0.39, 0.29) is 11.4 Å². The van der Waals surface area contributed by atoms with Crippen LogP contribution in [-0.2, 0) is 6.18 Å². The zero-order valence-electron chi connectivity index (χ0n) is 8.54. The third-order valence-corrected chi connectivity index (χ3v) is 1.82. The number of aromatic carboxylic acids is 1. The van der Waals surface area contributed by atoms with E-state index in [1.165, 1.54) is 19.0 Å². The first-order chi connectivity index (χ1) is 7.23. The van der Waals surface area contributed by atoms with Gasteiger partial charge in [0.1, 0.15) is 17.1 Å². The smallest absolute Gasteiger partial charge is 0.433 e. The first-order valence-corrected chi connectivity index (χ1v) is 4.22. The summed E-state index contributed by atoms with van der Waals surface area (Å²) in [6, 6.07) is 1.55. The topological polar surface area (TPSA) is 53.4 Å². The molecule has 1 aromatic heterocycles. The van der Waals surface area contributed by atoms with Gasteiger partial charge in [0.2, 0.25) is 0 Å². The van der Waals surface area contributed by atoms with E-state index < -0.39 is 17.8 Å². The number of rotatable bonds is 2. The fraction of sp³-hybridized carbons (Fsp3) is 0.333. The van der Waals surface area contributed by atoms with Gasteiger partial charge in [0.15, 0.2) is 0 Å². The summed E-state index contributed by atoms with van der Waals surface area (Å²) in [7, 11) is 2.85. The van der Waals surface area contributed by atoms with E-state index >= 15 is 0 Å². The third-order valence-electron chi connectivity index (χ3n) is 1.82. The number of hydrogen-bond donors (Lipinski definition) is 1. The Kier molecular flexibility index (Phi) is 3.06. The van der Waals surface area contributed by atoms with Crippen LogP contribution in [0.3, 0.4) is 0 Å². The van der Waals surface area contributed by atoms with Gasteiger partial charge in [-0.05, 0) is 12.1 Å². The molecule has 4 nitrogen and oxygen atoms in total. The van der Waals surface area contributed by atoms with Crippen LogP contribution in [0.25, 0.3) is 0 Å². The summed E-state index contributed by atoms with van der Waals surface area (Å²) in [6.45, 7) is 0. The van der Waals surface area contributed by atoms with Crippen molar-refractivity contribution in [3.8, 4) is 0 Å². The molecular formula is C9H9F3N2O2. The second kappa shape index (κ2) is 3.99. The van der Waals surface area contributed by atoms with Crippen molar-refractivity contribution >= 4 is 11.8 Å². The van der Waals surface area contributed by atoms with Gasteiger partial charge < -0.3 is 10.0 Å².